The summed E-state index contributed by atoms with van der Waals surface area (Å²) < 4.78 is 45.9. The molecule has 1 amide bonds. The molecule has 40 heavy (non-hydrogen) atoms. The van der Waals surface area contributed by atoms with Crippen molar-refractivity contribution in [2.45, 2.75) is 23.9 Å². The first-order valence-electron chi connectivity index (χ1n) is 12.6. The van der Waals surface area contributed by atoms with Gasteiger partial charge in [-0.2, -0.15) is 4.31 Å². The summed E-state index contributed by atoms with van der Waals surface area (Å²) in [5.41, 5.74) is 2.36. The number of amides is 1. The third-order valence-corrected chi connectivity index (χ3v) is 9.26. The van der Waals surface area contributed by atoms with E-state index in [-0.39, 0.29) is 16.6 Å². The van der Waals surface area contributed by atoms with Gasteiger partial charge in [0, 0.05) is 19.2 Å². The topological polar surface area (TPSA) is 112 Å². The lowest BCUT2D eigenvalue weighted by Gasteiger charge is -2.18. The highest BCUT2D eigenvalue weighted by molar-refractivity contribution is 7.99. The Balaban J connectivity index is 1.72. The molecule has 0 saturated carbocycles. The number of sulfonamides is 1. The number of benzene rings is 3. The van der Waals surface area contributed by atoms with Crippen LogP contribution in [0, 0.1) is 0 Å². The van der Waals surface area contributed by atoms with Crippen molar-refractivity contribution >= 4 is 44.4 Å². The lowest BCUT2D eigenvalue weighted by molar-refractivity contribution is -0.113. The number of carbonyl (C=O) groups is 1. The van der Waals surface area contributed by atoms with Gasteiger partial charge < -0.3 is 19.5 Å². The van der Waals surface area contributed by atoms with Crippen LogP contribution in [-0.2, 0) is 14.8 Å². The number of thioether (sulfide) groups is 1. The number of imidazole rings is 1. The molecule has 1 heterocycles. The fraction of sp³-hybridized carbons (Fsp3) is 0.286. The zero-order valence-electron chi connectivity index (χ0n) is 23.0. The molecule has 1 N–H and O–H groups in total. The van der Waals surface area contributed by atoms with Crippen LogP contribution in [0.15, 0.2) is 70.7 Å². The van der Waals surface area contributed by atoms with Gasteiger partial charge in [0.15, 0.2) is 5.16 Å². The van der Waals surface area contributed by atoms with Gasteiger partial charge in [0.2, 0.25) is 15.9 Å². The number of nitrogens with one attached hydrogen (secondary N) is 1. The zero-order chi connectivity index (χ0) is 28.9. The summed E-state index contributed by atoms with van der Waals surface area (Å²) in [6, 6.07) is 17.5. The Hall–Kier alpha value is -3.74. The lowest BCUT2D eigenvalue weighted by atomic mass is 10.2. The van der Waals surface area contributed by atoms with E-state index in [1.165, 1.54) is 23.2 Å². The summed E-state index contributed by atoms with van der Waals surface area (Å²) in [5, 5.41) is 3.37. The third kappa shape index (κ3) is 5.88. The van der Waals surface area contributed by atoms with Crippen LogP contribution >= 0.6 is 11.8 Å². The summed E-state index contributed by atoms with van der Waals surface area (Å²) >= 11 is 1.22. The maximum Gasteiger partial charge on any atom is 0.243 e. The van der Waals surface area contributed by atoms with E-state index in [0.717, 1.165) is 0 Å². The summed E-state index contributed by atoms with van der Waals surface area (Å²) in [4.78, 5) is 17.9. The van der Waals surface area contributed by atoms with Gasteiger partial charge in [-0.25, -0.2) is 13.4 Å². The Morgan fingerprint density at radius 2 is 1.68 bits per heavy atom. The van der Waals surface area contributed by atoms with Crippen molar-refractivity contribution in [3.05, 3.63) is 60.7 Å². The molecule has 0 radical (unpaired) electrons. The smallest absolute Gasteiger partial charge is 0.243 e. The maximum absolute atomic E-state index is 13.2. The number of methoxy groups -OCH3 is 3. The number of rotatable bonds is 12. The average molecular weight is 585 g/mol. The first kappa shape index (κ1) is 29.2. The van der Waals surface area contributed by atoms with Gasteiger partial charge >= 0.3 is 0 Å². The molecule has 0 saturated heterocycles. The van der Waals surface area contributed by atoms with Gasteiger partial charge in [0.25, 0.3) is 0 Å². The number of hydrogen-bond donors (Lipinski definition) is 1. The van der Waals surface area contributed by atoms with E-state index < -0.39 is 10.0 Å². The molecule has 4 rings (SSSR count). The number of ether oxygens (including phenoxy) is 3. The number of anilines is 1. The normalized spacial score (nSPS) is 11.6. The first-order chi connectivity index (χ1) is 19.3. The monoisotopic (exact) mass is 584 g/mol. The Labute approximate surface area is 238 Å². The summed E-state index contributed by atoms with van der Waals surface area (Å²) in [7, 11) is 0.968. The number of fused-ring (bicyclic) bond motifs is 1. The largest absolute Gasteiger partial charge is 0.497 e. The van der Waals surface area contributed by atoms with Crippen LogP contribution in [0.1, 0.15) is 13.8 Å². The molecular weight excluding hydrogens is 552 g/mol. The molecular formula is C28H32N4O6S2. The van der Waals surface area contributed by atoms with E-state index in [9.17, 15) is 13.2 Å². The Bertz CT molecular complexity index is 1620. The molecule has 10 nitrogen and oxygen atoms in total. The van der Waals surface area contributed by atoms with Gasteiger partial charge in [0.1, 0.15) is 17.2 Å². The predicted octanol–water partition coefficient (Wildman–Crippen LogP) is 4.81. The van der Waals surface area contributed by atoms with Crippen LogP contribution in [0.5, 0.6) is 17.2 Å². The SMILES string of the molecule is CCN(CC)S(=O)(=O)c1ccc2c(c1)nc(SCC(=O)Nc1cc(OC)ccc1OC)n2-c1ccccc1OC. The second kappa shape index (κ2) is 12.6. The summed E-state index contributed by atoms with van der Waals surface area (Å²) in [5.74, 6) is 1.44. The van der Waals surface area contributed by atoms with Crippen LogP contribution in [-0.4, -0.2) is 68.4 Å². The molecule has 0 aliphatic carbocycles. The van der Waals surface area contributed by atoms with Crippen LogP contribution < -0.4 is 19.5 Å². The van der Waals surface area contributed by atoms with Crippen molar-refractivity contribution in [2.24, 2.45) is 0 Å². The molecule has 0 spiro atoms. The predicted molar refractivity (Wildman–Crippen MR) is 157 cm³/mol. The van der Waals surface area contributed by atoms with Gasteiger partial charge in [-0.05, 0) is 42.5 Å². The van der Waals surface area contributed by atoms with E-state index >= 15 is 0 Å². The first-order valence-corrected chi connectivity index (χ1v) is 15.0. The van der Waals surface area contributed by atoms with E-state index in [1.807, 2.05) is 28.8 Å². The minimum absolute atomic E-state index is 0.0312. The molecule has 0 unspecified atom stereocenters. The second-order valence-corrected chi connectivity index (χ2v) is 11.4. The Morgan fingerprint density at radius 3 is 2.35 bits per heavy atom. The molecule has 12 heteroatoms. The van der Waals surface area contributed by atoms with Crippen LogP contribution in [0.25, 0.3) is 16.7 Å². The zero-order valence-corrected chi connectivity index (χ0v) is 24.6. The molecule has 0 atom stereocenters. The Kier molecular flexibility index (Phi) is 9.23. The molecule has 4 aromatic rings. The van der Waals surface area contributed by atoms with E-state index in [4.69, 9.17) is 19.2 Å². The molecule has 212 valence electrons. The number of carbonyl (C=O) groups excluding carboxylic acids is 1. The number of nitrogens with zero attached hydrogens (tertiary/aromatic N) is 3. The van der Waals surface area contributed by atoms with E-state index in [0.29, 0.717) is 57.9 Å². The summed E-state index contributed by atoms with van der Waals surface area (Å²) in [6.07, 6.45) is 0. The van der Waals surface area contributed by atoms with Crippen molar-refractivity contribution in [2.75, 3.05) is 45.5 Å². The number of hydrogen-bond acceptors (Lipinski definition) is 8. The van der Waals surface area contributed by atoms with Crippen molar-refractivity contribution in [3.63, 3.8) is 0 Å². The molecule has 3 aromatic carbocycles. The number of aromatic nitrogens is 2. The van der Waals surface area contributed by atoms with Gasteiger partial charge in [-0.1, -0.05) is 37.7 Å². The minimum Gasteiger partial charge on any atom is -0.497 e. The van der Waals surface area contributed by atoms with E-state index in [1.54, 1.807) is 64.5 Å². The van der Waals surface area contributed by atoms with Crippen LogP contribution in [0.4, 0.5) is 5.69 Å². The molecule has 0 bridgehead atoms. The molecule has 0 aliphatic rings. The average Bonchev–Trinajstić information content (AvgIpc) is 3.34. The van der Waals surface area contributed by atoms with Crippen molar-refractivity contribution in [1.29, 1.82) is 0 Å². The fourth-order valence-electron chi connectivity index (χ4n) is 4.28. The quantitative estimate of drug-likeness (QED) is 0.236. The Morgan fingerprint density at radius 1 is 0.950 bits per heavy atom. The van der Waals surface area contributed by atoms with Crippen molar-refractivity contribution < 1.29 is 27.4 Å². The standard InChI is InChI=1S/C28H32N4O6S2/c1-6-31(7-2)40(34,35)20-13-14-23-21(17-20)30-28(32(23)24-10-8-9-11-26(24)38-5)39-18-27(33)29-22-16-19(36-3)12-15-25(22)37-4/h8-17H,6-7,18H2,1-5H3,(H,29,33). The third-order valence-electron chi connectivity index (χ3n) is 6.28. The van der Waals surface area contributed by atoms with Gasteiger partial charge in [-0.3, -0.25) is 9.36 Å². The number of para-hydroxylation sites is 2. The fourth-order valence-corrected chi connectivity index (χ4v) is 6.58. The highest BCUT2D eigenvalue weighted by Gasteiger charge is 2.24. The highest BCUT2D eigenvalue weighted by atomic mass is 32.2. The van der Waals surface area contributed by atoms with Crippen LogP contribution in [0.3, 0.4) is 0 Å². The van der Waals surface area contributed by atoms with Crippen molar-refractivity contribution in [3.8, 4) is 22.9 Å². The second-order valence-electron chi connectivity index (χ2n) is 8.54. The molecule has 0 fully saturated rings. The molecule has 0 aliphatic heterocycles. The maximum atomic E-state index is 13.2. The molecule has 1 aromatic heterocycles. The summed E-state index contributed by atoms with van der Waals surface area (Å²) in [6.45, 7) is 4.33. The highest BCUT2D eigenvalue weighted by Crippen LogP contribution is 2.34. The van der Waals surface area contributed by atoms with E-state index in [2.05, 4.69) is 5.32 Å². The van der Waals surface area contributed by atoms with Crippen LogP contribution in [0.2, 0.25) is 0 Å². The van der Waals surface area contributed by atoms with Gasteiger partial charge in [0.05, 0.1) is 54.4 Å². The van der Waals surface area contributed by atoms with Gasteiger partial charge in [-0.15, -0.1) is 0 Å². The lowest BCUT2D eigenvalue weighted by Crippen LogP contribution is -2.30. The van der Waals surface area contributed by atoms with Crippen molar-refractivity contribution in [1.82, 2.24) is 13.9 Å². The minimum atomic E-state index is -3.68.